The predicted octanol–water partition coefficient (Wildman–Crippen LogP) is -0.406. The summed E-state index contributed by atoms with van der Waals surface area (Å²) in [5.41, 5.74) is 0. The molecule has 5 nitrogen and oxygen atoms in total. The highest BCUT2D eigenvalue weighted by Crippen LogP contribution is 2.03. The average Bonchev–Trinajstić information content (AvgIpc) is 2.34. The fraction of sp³-hybridized carbons (Fsp3) is 0.923. The van der Waals surface area contributed by atoms with Crippen LogP contribution in [0.25, 0.3) is 0 Å². The van der Waals surface area contributed by atoms with Crippen molar-refractivity contribution in [3.8, 4) is 0 Å². The highest BCUT2D eigenvalue weighted by molar-refractivity contribution is 5.82. The Kier molecular flexibility index (Phi) is 6.60. The van der Waals surface area contributed by atoms with Crippen LogP contribution in [-0.2, 0) is 4.79 Å². The number of nitrogens with zero attached hydrogens (tertiary/aromatic N) is 2. The number of carbonyl (C=O) groups is 1. The van der Waals surface area contributed by atoms with Crippen molar-refractivity contribution >= 4 is 5.91 Å². The van der Waals surface area contributed by atoms with Crippen LogP contribution in [0.3, 0.4) is 0 Å². The van der Waals surface area contributed by atoms with Gasteiger partial charge in [-0.25, -0.2) is 0 Å². The third-order valence-electron chi connectivity index (χ3n) is 3.05. The molecule has 0 aromatic heterocycles. The Balaban J connectivity index is 2.53. The van der Waals surface area contributed by atoms with Crippen LogP contribution in [0.5, 0.6) is 0 Å². The third kappa shape index (κ3) is 5.33. The number of piperazine rings is 1. The maximum absolute atomic E-state index is 12.5. The highest BCUT2D eigenvalue weighted by Gasteiger charge is 2.25. The van der Waals surface area contributed by atoms with E-state index in [-0.39, 0.29) is 11.9 Å². The van der Waals surface area contributed by atoms with Gasteiger partial charge in [0.25, 0.3) is 0 Å². The van der Waals surface area contributed by atoms with Gasteiger partial charge >= 0.3 is 0 Å². The molecule has 5 heteroatoms. The largest absolute Gasteiger partial charge is 0.340 e. The molecule has 2 N–H and O–H groups in total. The number of carbonyl (C=O) groups excluding carboxylic acids is 1. The fourth-order valence-corrected chi connectivity index (χ4v) is 2.10. The molecule has 1 aliphatic heterocycles. The molecule has 1 atom stereocenters. The first-order chi connectivity index (χ1) is 8.50. The van der Waals surface area contributed by atoms with Gasteiger partial charge in [0.2, 0.25) is 5.91 Å². The number of rotatable bonds is 6. The summed E-state index contributed by atoms with van der Waals surface area (Å²) in [6.45, 7) is 9.44. The summed E-state index contributed by atoms with van der Waals surface area (Å²) in [5, 5.41) is 6.56. The van der Waals surface area contributed by atoms with Crippen LogP contribution in [0, 0.1) is 5.92 Å². The maximum atomic E-state index is 12.5. The minimum atomic E-state index is -0.0559. The lowest BCUT2D eigenvalue weighted by Crippen LogP contribution is -2.57. The van der Waals surface area contributed by atoms with Crippen LogP contribution in [0.15, 0.2) is 0 Å². The zero-order valence-corrected chi connectivity index (χ0v) is 12.2. The van der Waals surface area contributed by atoms with E-state index in [1.807, 2.05) is 19.0 Å². The standard InChI is InChI=1S/C13H28N4O/c1-11(2)10-17(8-7-16(3)4)13(18)12-9-14-5-6-15-12/h11-12,14-15H,5-10H2,1-4H3. The third-order valence-corrected chi connectivity index (χ3v) is 3.05. The molecular formula is C13H28N4O. The summed E-state index contributed by atoms with van der Waals surface area (Å²) < 4.78 is 0. The Hall–Kier alpha value is -0.650. The van der Waals surface area contributed by atoms with E-state index in [4.69, 9.17) is 0 Å². The van der Waals surface area contributed by atoms with E-state index in [9.17, 15) is 4.79 Å². The molecule has 0 bridgehead atoms. The molecule has 1 aliphatic rings. The SMILES string of the molecule is CC(C)CN(CCN(C)C)C(=O)C1CNCCN1. The Morgan fingerprint density at radius 3 is 2.50 bits per heavy atom. The summed E-state index contributed by atoms with van der Waals surface area (Å²) in [7, 11) is 4.08. The van der Waals surface area contributed by atoms with E-state index in [1.54, 1.807) is 0 Å². The lowest BCUT2D eigenvalue weighted by molar-refractivity contribution is -0.134. The van der Waals surface area contributed by atoms with Gasteiger partial charge in [0.05, 0.1) is 6.04 Å². The van der Waals surface area contributed by atoms with Gasteiger partial charge in [-0.15, -0.1) is 0 Å². The number of amides is 1. The number of nitrogens with one attached hydrogen (secondary N) is 2. The molecule has 1 saturated heterocycles. The molecular weight excluding hydrogens is 228 g/mol. The molecule has 0 aromatic rings. The second kappa shape index (κ2) is 7.71. The average molecular weight is 256 g/mol. The zero-order chi connectivity index (χ0) is 13.5. The smallest absolute Gasteiger partial charge is 0.241 e. The Bertz CT molecular complexity index is 249. The van der Waals surface area contributed by atoms with Crippen molar-refractivity contribution in [3.05, 3.63) is 0 Å². The Morgan fingerprint density at radius 1 is 1.28 bits per heavy atom. The van der Waals surface area contributed by atoms with Gasteiger partial charge in [0, 0.05) is 39.3 Å². The van der Waals surface area contributed by atoms with Crippen molar-refractivity contribution in [3.63, 3.8) is 0 Å². The van der Waals surface area contributed by atoms with Crippen molar-refractivity contribution < 1.29 is 4.79 Å². The quantitative estimate of drug-likeness (QED) is 0.678. The van der Waals surface area contributed by atoms with Gasteiger partial charge in [-0.2, -0.15) is 0 Å². The predicted molar refractivity (Wildman–Crippen MR) is 74.6 cm³/mol. The van der Waals surface area contributed by atoms with Crippen LogP contribution in [0.1, 0.15) is 13.8 Å². The fourth-order valence-electron chi connectivity index (χ4n) is 2.10. The van der Waals surface area contributed by atoms with E-state index in [0.717, 1.165) is 39.3 Å². The van der Waals surface area contributed by atoms with Crippen molar-refractivity contribution in [1.82, 2.24) is 20.4 Å². The molecule has 1 fully saturated rings. The lowest BCUT2D eigenvalue weighted by atomic mass is 10.1. The van der Waals surface area contributed by atoms with Gasteiger partial charge in [0.1, 0.15) is 0 Å². The van der Waals surface area contributed by atoms with Crippen LogP contribution in [-0.4, -0.2) is 75.1 Å². The Labute approximate surface area is 111 Å². The van der Waals surface area contributed by atoms with Crippen molar-refractivity contribution in [2.24, 2.45) is 5.92 Å². The minimum Gasteiger partial charge on any atom is -0.340 e. The number of hydrogen-bond acceptors (Lipinski definition) is 4. The van der Waals surface area contributed by atoms with Crippen molar-refractivity contribution in [2.45, 2.75) is 19.9 Å². The molecule has 1 heterocycles. The number of likely N-dealkylation sites (N-methyl/N-ethyl adjacent to an activating group) is 1. The highest BCUT2D eigenvalue weighted by atomic mass is 16.2. The molecule has 1 amide bonds. The van der Waals surface area contributed by atoms with Gasteiger partial charge < -0.3 is 20.4 Å². The summed E-state index contributed by atoms with van der Waals surface area (Å²) in [6, 6.07) is -0.0559. The molecule has 0 aromatic carbocycles. The van der Waals surface area contributed by atoms with Gasteiger partial charge in [-0.1, -0.05) is 13.8 Å². The van der Waals surface area contributed by atoms with Gasteiger partial charge in [-0.3, -0.25) is 4.79 Å². The van der Waals surface area contributed by atoms with Crippen LogP contribution >= 0.6 is 0 Å². The zero-order valence-electron chi connectivity index (χ0n) is 12.2. The molecule has 0 aliphatic carbocycles. The summed E-state index contributed by atoms with van der Waals surface area (Å²) in [5.74, 6) is 0.741. The monoisotopic (exact) mass is 256 g/mol. The Morgan fingerprint density at radius 2 is 2.00 bits per heavy atom. The molecule has 0 spiro atoms. The normalized spacial score (nSPS) is 20.4. The van der Waals surface area contributed by atoms with E-state index in [0.29, 0.717) is 5.92 Å². The van der Waals surface area contributed by atoms with Gasteiger partial charge in [0.15, 0.2) is 0 Å². The van der Waals surface area contributed by atoms with E-state index in [1.165, 1.54) is 0 Å². The molecule has 0 saturated carbocycles. The first kappa shape index (κ1) is 15.4. The lowest BCUT2D eigenvalue weighted by Gasteiger charge is -2.32. The molecule has 1 rings (SSSR count). The topological polar surface area (TPSA) is 47.6 Å². The van der Waals surface area contributed by atoms with Gasteiger partial charge in [-0.05, 0) is 20.0 Å². The van der Waals surface area contributed by atoms with E-state index < -0.39 is 0 Å². The second-order valence-electron chi connectivity index (χ2n) is 5.69. The van der Waals surface area contributed by atoms with E-state index >= 15 is 0 Å². The molecule has 106 valence electrons. The molecule has 0 radical (unpaired) electrons. The maximum Gasteiger partial charge on any atom is 0.241 e. The van der Waals surface area contributed by atoms with Crippen molar-refractivity contribution in [1.29, 1.82) is 0 Å². The van der Waals surface area contributed by atoms with Crippen LogP contribution in [0.4, 0.5) is 0 Å². The second-order valence-corrected chi connectivity index (χ2v) is 5.69. The van der Waals surface area contributed by atoms with E-state index in [2.05, 4.69) is 29.4 Å². The summed E-state index contributed by atoms with van der Waals surface area (Å²) in [4.78, 5) is 16.6. The first-order valence-corrected chi connectivity index (χ1v) is 6.88. The summed E-state index contributed by atoms with van der Waals surface area (Å²) in [6.07, 6.45) is 0. The number of hydrogen-bond donors (Lipinski definition) is 2. The summed E-state index contributed by atoms with van der Waals surface area (Å²) >= 11 is 0. The first-order valence-electron chi connectivity index (χ1n) is 6.88. The molecule has 18 heavy (non-hydrogen) atoms. The van der Waals surface area contributed by atoms with Crippen molar-refractivity contribution in [2.75, 3.05) is 53.4 Å². The van der Waals surface area contributed by atoms with Crippen LogP contribution in [0.2, 0.25) is 0 Å². The minimum absolute atomic E-state index is 0.0559. The molecule has 1 unspecified atom stereocenters. The van der Waals surface area contributed by atoms with Crippen LogP contribution < -0.4 is 10.6 Å².